The molecule has 1 spiro atoms. The molecule has 4 saturated carbocycles. The van der Waals surface area contributed by atoms with Crippen LogP contribution in [0.4, 0.5) is 0 Å². The van der Waals surface area contributed by atoms with Crippen molar-refractivity contribution in [2.24, 2.45) is 28.6 Å². The van der Waals surface area contributed by atoms with Gasteiger partial charge in [-0.15, -0.1) is 0 Å². The fourth-order valence-corrected chi connectivity index (χ4v) is 8.74. The first kappa shape index (κ1) is 19.2. The predicted molar refractivity (Wildman–Crippen MR) is 107 cm³/mol. The van der Waals surface area contributed by atoms with Gasteiger partial charge in [0.2, 0.25) is 0 Å². The van der Waals surface area contributed by atoms with Crippen LogP contribution in [0.1, 0.15) is 63.4 Å². The summed E-state index contributed by atoms with van der Waals surface area (Å²) in [6.45, 7) is 2.22. The number of carbonyl (C=O) groups excluding carboxylic acids is 1. The molecule has 6 nitrogen and oxygen atoms in total. The van der Waals surface area contributed by atoms with E-state index in [0.29, 0.717) is 6.42 Å². The van der Waals surface area contributed by atoms with Crippen molar-refractivity contribution in [3.05, 3.63) is 34.4 Å². The molecule has 30 heavy (non-hydrogen) atoms. The van der Waals surface area contributed by atoms with Crippen LogP contribution in [0.25, 0.3) is 0 Å². The van der Waals surface area contributed by atoms with E-state index >= 15 is 0 Å². The van der Waals surface area contributed by atoms with Crippen LogP contribution in [0, 0.1) is 28.6 Å². The van der Waals surface area contributed by atoms with E-state index < -0.39 is 11.7 Å². The van der Waals surface area contributed by atoms with Crippen LogP contribution in [0.2, 0.25) is 0 Å². The van der Waals surface area contributed by atoms with E-state index in [9.17, 15) is 19.8 Å². The molecular formula is C24H30O6. The van der Waals surface area contributed by atoms with Crippen molar-refractivity contribution >= 4 is 6.29 Å². The zero-order valence-corrected chi connectivity index (χ0v) is 17.3. The Kier molecular flexibility index (Phi) is 3.87. The highest BCUT2D eigenvalue weighted by molar-refractivity contribution is 5.62. The van der Waals surface area contributed by atoms with Crippen LogP contribution in [0.3, 0.4) is 0 Å². The Hall–Kier alpha value is -1.50. The molecule has 1 aromatic heterocycles. The molecule has 2 heterocycles. The lowest BCUT2D eigenvalue weighted by Gasteiger charge is -2.60. The third-order valence-electron chi connectivity index (χ3n) is 9.97. The summed E-state index contributed by atoms with van der Waals surface area (Å²) in [4.78, 5) is 24.0. The lowest BCUT2D eigenvalue weighted by atomic mass is 9.44. The monoisotopic (exact) mass is 414 g/mol. The van der Waals surface area contributed by atoms with Crippen LogP contribution < -0.4 is 5.63 Å². The van der Waals surface area contributed by atoms with E-state index in [1.165, 1.54) is 18.6 Å². The maximum atomic E-state index is 12.5. The summed E-state index contributed by atoms with van der Waals surface area (Å²) >= 11 is 0. The fraction of sp³-hybridized carbons (Fsp3) is 0.750. The predicted octanol–water partition coefficient (Wildman–Crippen LogP) is 2.41. The van der Waals surface area contributed by atoms with Crippen molar-refractivity contribution in [1.82, 2.24) is 0 Å². The minimum absolute atomic E-state index is 0.139. The maximum absolute atomic E-state index is 12.5. The van der Waals surface area contributed by atoms with Gasteiger partial charge in [-0.05, 0) is 74.3 Å². The van der Waals surface area contributed by atoms with Gasteiger partial charge in [-0.2, -0.15) is 0 Å². The molecule has 1 aliphatic heterocycles. The van der Waals surface area contributed by atoms with Crippen molar-refractivity contribution in [3.63, 3.8) is 0 Å². The Balaban J connectivity index is 1.40. The van der Waals surface area contributed by atoms with Gasteiger partial charge < -0.3 is 24.2 Å². The molecule has 162 valence electrons. The van der Waals surface area contributed by atoms with Gasteiger partial charge in [0.15, 0.2) is 0 Å². The highest BCUT2D eigenvalue weighted by atomic mass is 16.6. The number of aliphatic hydroxyl groups excluding tert-OH is 2. The summed E-state index contributed by atoms with van der Waals surface area (Å²) in [6.07, 6.45) is 7.47. The van der Waals surface area contributed by atoms with Gasteiger partial charge in [-0.3, -0.25) is 0 Å². The Bertz CT molecular complexity index is 921. The van der Waals surface area contributed by atoms with Crippen molar-refractivity contribution < 1.29 is 24.2 Å². The molecule has 4 aliphatic carbocycles. The normalized spacial score (nSPS) is 53.8. The topological polar surface area (TPSA) is 100 Å². The van der Waals surface area contributed by atoms with Gasteiger partial charge in [0.05, 0.1) is 18.5 Å². The summed E-state index contributed by atoms with van der Waals surface area (Å²) in [6, 6.07) is 3.20. The van der Waals surface area contributed by atoms with E-state index in [4.69, 9.17) is 9.15 Å². The first-order valence-corrected chi connectivity index (χ1v) is 11.5. The number of aldehydes is 1. The highest BCUT2D eigenvalue weighted by Gasteiger charge is 2.84. The number of rotatable bonds is 2. The van der Waals surface area contributed by atoms with E-state index in [0.717, 1.165) is 44.1 Å². The van der Waals surface area contributed by atoms with Gasteiger partial charge in [0.1, 0.15) is 18.0 Å². The van der Waals surface area contributed by atoms with Crippen LogP contribution in [0.15, 0.2) is 27.6 Å². The molecule has 5 fully saturated rings. The quantitative estimate of drug-likeness (QED) is 0.569. The first-order valence-electron chi connectivity index (χ1n) is 11.5. The van der Waals surface area contributed by atoms with Gasteiger partial charge in [-0.25, -0.2) is 4.79 Å². The first-order chi connectivity index (χ1) is 14.4. The average Bonchev–Trinajstić information content (AvgIpc) is 3.45. The molecule has 2 N–H and O–H groups in total. The summed E-state index contributed by atoms with van der Waals surface area (Å²) in [7, 11) is 0. The SMILES string of the molecule is C[C@]12CC[C@H]3[C@@H](CC[C@@H]4C[C@@H](O)CC[C@]43C=O)[C@]13O[C@@H]3[C@H](O)[C@@H]2c1ccc(=O)oc1. The van der Waals surface area contributed by atoms with Gasteiger partial charge in [0.25, 0.3) is 0 Å². The zero-order valence-electron chi connectivity index (χ0n) is 17.3. The van der Waals surface area contributed by atoms with Crippen molar-refractivity contribution in [2.75, 3.05) is 0 Å². The number of epoxide rings is 1. The molecular weight excluding hydrogens is 384 g/mol. The van der Waals surface area contributed by atoms with Crippen molar-refractivity contribution in [2.45, 2.75) is 81.7 Å². The standard InChI is InChI=1S/C24H30O6/c1-22-8-7-16-17(4-3-14-10-15(26)6-9-23(14,16)12-25)24(22)21(30-24)20(28)19(22)13-2-5-18(27)29-11-13/h2,5,11-12,14-17,19-21,26,28H,3-4,6-10H2,1H3/t14-,15+,16+,17-,19+,20-,21-,22-,23+,24-/m1/s1. The molecule has 6 rings (SSSR count). The zero-order chi connectivity index (χ0) is 20.9. The van der Waals surface area contributed by atoms with E-state index in [1.807, 2.05) is 0 Å². The van der Waals surface area contributed by atoms with Crippen molar-refractivity contribution in [1.29, 1.82) is 0 Å². The lowest BCUT2D eigenvalue weighted by molar-refractivity contribution is -0.159. The number of ether oxygens (including phenoxy) is 1. The fourth-order valence-electron chi connectivity index (χ4n) is 8.74. The minimum atomic E-state index is -0.639. The molecule has 0 bridgehead atoms. The van der Waals surface area contributed by atoms with Crippen molar-refractivity contribution in [3.8, 4) is 0 Å². The smallest absolute Gasteiger partial charge is 0.335 e. The molecule has 6 heteroatoms. The molecule has 1 aromatic rings. The number of fused-ring (bicyclic) bond motifs is 3. The second kappa shape index (κ2) is 6.05. The Morgan fingerprint density at radius 3 is 2.67 bits per heavy atom. The average molecular weight is 414 g/mol. The number of carbonyl (C=O) groups is 1. The van der Waals surface area contributed by atoms with Crippen LogP contribution in [-0.2, 0) is 9.53 Å². The summed E-state index contributed by atoms with van der Waals surface area (Å²) in [5.41, 5.74) is -0.562. The minimum Gasteiger partial charge on any atom is -0.431 e. The molecule has 5 aliphatic rings. The third-order valence-corrected chi connectivity index (χ3v) is 9.97. The summed E-state index contributed by atoms with van der Waals surface area (Å²) in [5, 5.41) is 21.5. The van der Waals surface area contributed by atoms with Crippen LogP contribution in [0.5, 0.6) is 0 Å². The molecule has 1 saturated heterocycles. The Morgan fingerprint density at radius 2 is 1.93 bits per heavy atom. The second-order valence-electron chi connectivity index (χ2n) is 10.8. The van der Waals surface area contributed by atoms with E-state index in [-0.39, 0.29) is 52.3 Å². The summed E-state index contributed by atoms with van der Waals surface area (Å²) < 4.78 is 11.5. The molecule has 10 atom stereocenters. The lowest BCUT2D eigenvalue weighted by Crippen LogP contribution is -2.59. The van der Waals surface area contributed by atoms with E-state index in [2.05, 4.69) is 6.92 Å². The Labute approximate surface area is 175 Å². The molecule has 0 aromatic carbocycles. The van der Waals surface area contributed by atoms with Gasteiger partial charge >= 0.3 is 5.63 Å². The van der Waals surface area contributed by atoms with E-state index in [1.54, 1.807) is 6.07 Å². The number of aliphatic hydroxyl groups is 2. The second-order valence-corrected chi connectivity index (χ2v) is 10.8. The van der Waals surface area contributed by atoms with Gasteiger partial charge in [-0.1, -0.05) is 6.92 Å². The largest absolute Gasteiger partial charge is 0.431 e. The van der Waals surface area contributed by atoms with Gasteiger partial charge in [0, 0.05) is 22.8 Å². The van der Waals surface area contributed by atoms with Crippen LogP contribution >= 0.6 is 0 Å². The molecule has 0 amide bonds. The molecule has 0 radical (unpaired) electrons. The Morgan fingerprint density at radius 1 is 1.10 bits per heavy atom. The number of hydrogen-bond donors (Lipinski definition) is 2. The third kappa shape index (κ3) is 2.10. The molecule has 0 unspecified atom stereocenters. The summed E-state index contributed by atoms with van der Waals surface area (Å²) in [5.74, 6) is 0.607. The highest BCUT2D eigenvalue weighted by Crippen LogP contribution is 2.77. The maximum Gasteiger partial charge on any atom is 0.335 e. The number of hydrogen-bond acceptors (Lipinski definition) is 6. The van der Waals surface area contributed by atoms with Crippen LogP contribution in [-0.4, -0.2) is 40.4 Å².